The molecule has 1 nitrogen and oxygen atoms in total. The molecular weight excluding hydrogens is 144 g/mol. The fourth-order valence-corrected chi connectivity index (χ4v) is 1.10. The van der Waals surface area contributed by atoms with E-state index in [1.165, 1.54) is 6.92 Å². The highest BCUT2D eigenvalue weighted by Gasteiger charge is 2.52. The highest BCUT2D eigenvalue weighted by atomic mass is 19.4. The molecule has 5 heteroatoms. The first kappa shape index (κ1) is 7.63. The molecule has 0 N–H and O–H groups in total. The molecule has 1 aliphatic carbocycles. The van der Waals surface area contributed by atoms with E-state index in [1.807, 2.05) is 0 Å². The first-order valence-corrected chi connectivity index (χ1v) is 3.13. The summed E-state index contributed by atoms with van der Waals surface area (Å²) in [5, 5.41) is 0. The maximum atomic E-state index is 11.8. The van der Waals surface area contributed by atoms with Gasteiger partial charge in [0.2, 0.25) is 0 Å². The molecule has 2 atom stereocenters. The molecule has 0 spiro atoms. The summed E-state index contributed by atoms with van der Waals surface area (Å²) in [6, 6.07) is 0. The van der Waals surface area contributed by atoms with Crippen LogP contribution >= 0.6 is 0 Å². The van der Waals surface area contributed by atoms with Crippen LogP contribution in [-0.2, 0) is 4.79 Å². The number of halogens is 3. The second kappa shape index (κ2) is 2.00. The average molecular weight is 151 g/mol. The van der Waals surface area contributed by atoms with E-state index < -0.39 is 18.7 Å². The number of hydrogen-bond donors (Lipinski definition) is 0. The monoisotopic (exact) mass is 151 g/mol. The molecule has 0 aromatic heterocycles. The molecule has 0 amide bonds. The molecule has 1 rings (SSSR count). The molecule has 58 valence electrons. The van der Waals surface area contributed by atoms with Crippen molar-refractivity contribution in [1.82, 2.24) is 0 Å². The van der Waals surface area contributed by atoms with Crippen molar-refractivity contribution < 1.29 is 17.7 Å². The quantitative estimate of drug-likeness (QED) is 0.550. The van der Waals surface area contributed by atoms with Crippen LogP contribution in [-0.4, -0.2) is 12.8 Å². The van der Waals surface area contributed by atoms with Gasteiger partial charge in [0, 0.05) is 0 Å². The summed E-state index contributed by atoms with van der Waals surface area (Å²) in [5.41, 5.74) is 0. The zero-order valence-electron chi connectivity index (χ0n) is 5.48. The number of ketones is 1. The smallest absolute Gasteiger partial charge is 0.449 e. The van der Waals surface area contributed by atoms with Crippen molar-refractivity contribution in [3.05, 3.63) is 0 Å². The van der Waals surface area contributed by atoms with Crippen molar-refractivity contribution in [2.24, 2.45) is 5.92 Å². The van der Waals surface area contributed by atoms with Crippen LogP contribution in [0.1, 0.15) is 13.3 Å². The first-order chi connectivity index (χ1) is 4.43. The number of Topliss-reactive ketones (excluding diaryl/α,β-unsaturated/α-hetero) is 1. The fourth-order valence-electron chi connectivity index (χ4n) is 1.10. The molecule has 0 radical (unpaired) electrons. The largest absolute Gasteiger partial charge is 0.482 e. The molecule has 1 aliphatic rings. The molecular formula is C5H7BF3O-. The first-order valence-electron chi connectivity index (χ1n) is 3.13. The van der Waals surface area contributed by atoms with Crippen LogP contribution in [0.4, 0.5) is 12.9 Å². The Morgan fingerprint density at radius 1 is 1.50 bits per heavy atom. The van der Waals surface area contributed by atoms with Crippen molar-refractivity contribution in [3.8, 4) is 0 Å². The summed E-state index contributed by atoms with van der Waals surface area (Å²) < 4.78 is 35.3. The van der Waals surface area contributed by atoms with Crippen LogP contribution < -0.4 is 0 Å². The number of rotatable bonds is 2. The Bertz CT molecular complexity index is 165. The molecule has 0 heterocycles. The summed E-state index contributed by atoms with van der Waals surface area (Å²) >= 11 is 0. The second-order valence-corrected chi connectivity index (χ2v) is 2.74. The Morgan fingerprint density at radius 2 is 2.00 bits per heavy atom. The minimum Gasteiger partial charge on any atom is -0.449 e. The van der Waals surface area contributed by atoms with Gasteiger partial charge >= 0.3 is 6.98 Å². The van der Waals surface area contributed by atoms with Crippen molar-refractivity contribution in [2.45, 2.75) is 19.2 Å². The Morgan fingerprint density at radius 3 is 2.10 bits per heavy atom. The van der Waals surface area contributed by atoms with Crippen LogP contribution in [0, 0.1) is 5.92 Å². The summed E-state index contributed by atoms with van der Waals surface area (Å²) in [4.78, 5) is 10.4. The molecule has 0 unspecified atom stereocenters. The maximum absolute atomic E-state index is 11.8. The number of hydrogen-bond acceptors (Lipinski definition) is 1. The molecule has 10 heavy (non-hydrogen) atoms. The third-order valence-electron chi connectivity index (χ3n) is 1.85. The lowest BCUT2D eigenvalue weighted by Crippen LogP contribution is -2.17. The van der Waals surface area contributed by atoms with Crippen molar-refractivity contribution >= 4 is 12.8 Å². The highest BCUT2D eigenvalue weighted by molar-refractivity contribution is 6.61. The summed E-state index contributed by atoms with van der Waals surface area (Å²) in [6.07, 6.45) is 0.0266. The van der Waals surface area contributed by atoms with Crippen LogP contribution in [0.5, 0.6) is 0 Å². The van der Waals surface area contributed by atoms with Crippen molar-refractivity contribution in [3.63, 3.8) is 0 Å². The molecule has 1 fully saturated rings. The van der Waals surface area contributed by atoms with E-state index in [-0.39, 0.29) is 12.2 Å². The minimum absolute atomic E-state index is 0.0266. The van der Waals surface area contributed by atoms with Gasteiger partial charge in [0.25, 0.3) is 0 Å². The van der Waals surface area contributed by atoms with Crippen LogP contribution in [0.25, 0.3) is 0 Å². The van der Waals surface area contributed by atoms with Crippen molar-refractivity contribution in [2.75, 3.05) is 0 Å². The fraction of sp³-hybridized carbons (Fsp3) is 0.800. The lowest BCUT2D eigenvalue weighted by molar-refractivity contribution is -0.118. The zero-order chi connectivity index (χ0) is 7.94. The second-order valence-electron chi connectivity index (χ2n) is 2.74. The molecule has 0 aliphatic heterocycles. The normalized spacial score (nSPS) is 32.0. The standard InChI is InChI=1S/C5H7BF3O/c1-3(10)4-2-5(4)6(7,8)9/h4-5H,2H2,1H3/q-1/t4-,5+/m1/s1. The summed E-state index contributed by atoms with van der Waals surface area (Å²) in [6.45, 7) is -3.53. The van der Waals surface area contributed by atoms with Gasteiger partial charge in [-0.1, -0.05) is 12.2 Å². The van der Waals surface area contributed by atoms with E-state index in [4.69, 9.17) is 0 Å². The summed E-state index contributed by atoms with van der Waals surface area (Å²) in [7, 11) is 0. The Hall–Kier alpha value is -0.475. The number of carbonyl (C=O) groups is 1. The zero-order valence-corrected chi connectivity index (χ0v) is 5.48. The van der Waals surface area contributed by atoms with E-state index in [2.05, 4.69) is 0 Å². The van der Waals surface area contributed by atoms with Gasteiger partial charge in [-0.2, -0.15) is 0 Å². The maximum Gasteiger partial charge on any atom is 0.482 e. The highest BCUT2D eigenvalue weighted by Crippen LogP contribution is 2.53. The minimum atomic E-state index is -4.75. The van der Waals surface area contributed by atoms with Gasteiger partial charge in [-0.25, -0.2) is 0 Å². The molecule has 0 aromatic carbocycles. The molecule has 0 bridgehead atoms. The molecule has 0 saturated heterocycles. The van der Waals surface area contributed by atoms with Crippen LogP contribution in [0.3, 0.4) is 0 Å². The SMILES string of the molecule is CC(=O)[C@H]1C[C@@H]1[B-](F)(F)F. The van der Waals surface area contributed by atoms with Gasteiger partial charge < -0.3 is 12.9 Å². The third-order valence-corrected chi connectivity index (χ3v) is 1.85. The van der Waals surface area contributed by atoms with Gasteiger partial charge in [0.15, 0.2) is 0 Å². The van der Waals surface area contributed by atoms with E-state index in [1.54, 1.807) is 0 Å². The van der Waals surface area contributed by atoms with Crippen molar-refractivity contribution in [1.29, 1.82) is 0 Å². The molecule has 0 aromatic rings. The van der Waals surface area contributed by atoms with E-state index in [0.29, 0.717) is 0 Å². The third kappa shape index (κ3) is 1.33. The predicted molar refractivity (Wildman–Crippen MR) is 31.6 cm³/mol. The molecule has 1 saturated carbocycles. The Kier molecular flexibility index (Phi) is 1.53. The lowest BCUT2D eigenvalue weighted by atomic mass is 9.81. The Balaban J connectivity index is 2.46. The lowest BCUT2D eigenvalue weighted by Gasteiger charge is -2.11. The van der Waals surface area contributed by atoms with Gasteiger partial charge in [-0.05, 0) is 12.8 Å². The topological polar surface area (TPSA) is 17.1 Å². The average Bonchev–Trinajstić information content (AvgIpc) is 2.35. The summed E-state index contributed by atoms with van der Waals surface area (Å²) in [5.74, 6) is -2.32. The van der Waals surface area contributed by atoms with Crippen LogP contribution in [0.15, 0.2) is 0 Å². The van der Waals surface area contributed by atoms with E-state index in [0.717, 1.165) is 0 Å². The predicted octanol–water partition coefficient (Wildman–Crippen LogP) is 1.81. The van der Waals surface area contributed by atoms with Gasteiger partial charge in [-0.15, -0.1) is 0 Å². The van der Waals surface area contributed by atoms with E-state index in [9.17, 15) is 17.7 Å². The van der Waals surface area contributed by atoms with Gasteiger partial charge in [-0.3, -0.25) is 4.79 Å². The van der Waals surface area contributed by atoms with Crippen LogP contribution in [0.2, 0.25) is 5.82 Å². The van der Waals surface area contributed by atoms with E-state index >= 15 is 0 Å². The van der Waals surface area contributed by atoms with Gasteiger partial charge in [0.05, 0.1) is 0 Å². The van der Waals surface area contributed by atoms with Gasteiger partial charge in [0.1, 0.15) is 5.78 Å². The number of carbonyl (C=O) groups excluding carboxylic acids is 1. The Labute approximate surface area is 56.7 Å².